The van der Waals surface area contributed by atoms with E-state index in [-0.39, 0.29) is 29.1 Å². The maximum Gasteiger partial charge on any atom is 0.258 e. The summed E-state index contributed by atoms with van der Waals surface area (Å²) in [6.07, 6.45) is 1.18. The lowest BCUT2D eigenvalue weighted by atomic mass is 10.0. The van der Waals surface area contributed by atoms with Crippen molar-refractivity contribution in [2.45, 2.75) is 32.7 Å². The second-order valence-electron chi connectivity index (χ2n) is 7.22. The number of ether oxygens (including phenoxy) is 1. The topological polar surface area (TPSA) is 58.6 Å². The van der Waals surface area contributed by atoms with Gasteiger partial charge in [-0.25, -0.2) is 4.39 Å². The predicted octanol–water partition coefficient (Wildman–Crippen LogP) is 3.90. The number of nitrogens with zero attached hydrogens (tertiary/aromatic N) is 1. The van der Waals surface area contributed by atoms with Gasteiger partial charge < -0.3 is 15.0 Å². The van der Waals surface area contributed by atoms with E-state index in [4.69, 9.17) is 16.3 Å². The van der Waals surface area contributed by atoms with E-state index >= 15 is 0 Å². The van der Waals surface area contributed by atoms with E-state index in [0.29, 0.717) is 31.7 Å². The molecule has 2 amide bonds. The van der Waals surface area contributed by atoms with E-state index in [9.17, 15) is 14.0 Å². The van der Waals surface area contributed by atoms with Gasteiger partial charge in [-0.15, -0.1) is 0 Å². The molecule has 1 N–H and O–H groups in total. The first kappa shape index (κ1) is 21.1. The molecule has 0 saturated carbocycles. The van der Waals surface area contributed by atoms with E-state index in [1.165, 1.54) is 18.2 Å². The van der Waals surface area contributed by atoms with Crippen LogP contribution in [0.15, 0.2) is 36.4 Å². The van der Waals surface area contributed by atoms with Gasteiger partial charge in [-0.05, 0) is 56.0 Å². The van der Waals surface area contributed by atoms with Crippen molar-refractivity contribution in [1.29, 1.82) is 0 Å². The average molecular weight is 419 g/mol. The van der Waals surface area contributed by atoms with Gasteiger partial charge in [0.1, 0.15) is 11.6 Å². The Bertz CT molecular complexity index is 891. The molecule has 0 bridgehead atoms. The van der Waals surface area contributed by atoms with E-state index < -0.39 is 11.7 Å². The predicted molar refractivity (Wildman–Crippen MR) is 110 cm³/mol. The molecule has 1 aliphatic heterocycles. The highest BCUT2D eigenvalue weighted by Gasteiger charge is 2.27. The highest BCUT2D eigenvalue weighted by molar-refractivity contribution is 6.33. The van der Waals surface area contributed by atoms with E-state index in [2.05, 4.69) is 5.32 Å². The average Bonchev–Trinajstić information content (AvgIpc) is 2.69. The smallest absolute Gasteiger partial charge is 0.258 e. The fraction of sp³-hybridized carbons (Fsp3) is 0.364. The van der Waals surface area contributed by atoms with E-state index in [0.717, 1.165) is 11.1 Å². The molecule has 0 spiro atoms. The summed E-state index contributed by atoms with van der Waals surface area (Å²) in [5, 5.41) is 3.05. The third kappa shape index (κ3) is 5.07. The molecule has 0 aliphatic carbocycles. The quantitative estimate of drug-likeness (QED) is 0.801. The van der Waals surface area contributed by atoms with Crippen LogP contribution in [0.25, 0.3) is 0 Å². The number of halogens is 2. The van der Waals surface area contributed by atoms with Gasteiger partial charge in [0.2, 0.25) is 0 Å². The van der Waals surface area contributed by atoms with Gasteiger partial charge in [0, 0.05) is 19.1 Å². The summed E-state index contributed by atoms with van der Waals surface area (Å²) in [5.41, 5.74) is 2.02. The maximum absolute atomic E-state index is 14.0. The van der Waals surface area contributed by atoms with Gasteiger partial charge in [0.05, 0.1) is 10.6 Å². The largest absolute Gasteiger partial charge is 0.483 e. The van der Waals surface area contributed by atoms with Crippen molar-refractivity contribution in [2.75, 3.05) is 19.7 Å². The molecule has 154 valence electrons. The molecule has 0 atom stereocenters. The van der Waals surface area contributed by atoms with Crippen molar-refractivity contribution in [3.8, 4) is 5.75 Å². The molecule has 1 fully saturated rings. The molecule has 2 aromatic rings. The lowest BCUT2D eigenvalue weighted by Gasteiger charge is -2.32. The number of hydrogen-bond donors (Lipinski definition) is 1. The van der Waals surface area contributed by atoms with Gasteiger partial charge in [0.25, 0.3) is 11.8 Å². The molecule has 0 radical (unpaired) electrons. The fourth-order valence-electron chi connectivity index (χ4n) is 3.38. The molecule has 1 aliphatic rings. The van der Waals surface area contributed by atoms with Crippen molar-refractivity contribution >= 4 is 23.4 Å². The molecule has 1 heterocycles. The zero-order chi connectivity index (χ0) is 21.0. The number of carbonyl (C=O) groups excluding carboxylic acids is 2. The Morgan fingerprint density at radius 2 is 1.86 bits per heavy atom. The zero-order valence-corrected chi connectivity index (χ0v) is 17.3. The summed E-state index contributed by atoms with van der Waals surface area (Å²) in [7, 11) is 0. The second-order valence-corrected chi connectivity index (χ2v) is 7.62. The minimum Gasteiger partial charge on any atom is -0.483 e. The molecular formula is C22H24ClFN2O3. The monoisotopic (exact) mass is 418 g/mol. The molecule has 2 aromatic carbocycles. The number of nitrogens with one attached hydrogen (secondary N) is 1. The van der Waals surface area contributed by atoms with Crippen molar-refractivity contribution in [2.24, 2.45) is 0 Å². The van der Waals surface area contributed by atoms with Crippen LogP contribution in [-0.4, -0.2) is 42.5 Å². The fourth-order valence-corrected chi connectivity index (χ4v) is 3.62. The van der Waals surface area contributed by atoms with Crippen LogP contribution < -0.4 is 10.1 Å². The first-order valence-corrected chi connectivity index (χ1v) is 9.96. The summed E-state index contributed by atoms with van der Waals surface area (Å²) < 4.78 is 19.6. The molecule has 0 aromatic heterocycles. The summed E-state index contributed by atoms with van der Waals surface area (Å²) in [6.45, 7) is 4.73. The van der Waals surface area contributed by atoms with Crippen LogP contribution in [0.4, 0.5) is 4.39 Å². The standard InChI is InChI=1S/C22H24ClFN2O3/c1-14-5-3-8-19(15(14)2)29-13-20(27)25-16-9-11-26(12-10-16)22(28)21-17(23)6-4-7-18(21)24/h3-8,16H,9-13H2,1-2H3,(H,25,27). The number of likely N-dealkylation sites (tertiary alicyclic amines) is 1. The SMILES string of the molecule is Cc1cccc(OCC(=O)NC2CCN(C(=O)c3c(F)cccc3Cl)CC2)c1C. The van der Waals surface area contributed by atoms with Crippen LogP contribution in [-0.2, 0) is 4.79 Å². The normalized spacial score (nSPS) is 14.6. The van der Waals surface area contributed by atoms with Crippen LogP contribution in [0.1, 0.15) is 34.3 Å². The third-order valence-electron chi connectivity index (χ3n) is 5.24. The molecule has 0 unspecified atom stereocenters. The van der Waals surface area contributed by atoms with E-state index in [1.807, 2.05) is 32.0 Å². The number of amides is 2. The van der Waals surface area contributed by atoms with Crippen LogP contribution in [0, 0.1) is 19.7 Å². The molecular weight excluding hydrogens is 395 g/mol. The Morgan fingerprint density at radius 1 is 1.17 bits per heavy atom. The number of aryl methyl sites for hydroxylation is 1. The molecule has 29 heavy (non-hydrogen) atoms. The van der Waals surface area contributed by atoms with Crippen LogP contribution in [0.5, 0.6) is 5.75 Å². The van der Waals surface area contributed by atoms with Gasteiger partial charge >= 0.3 is 0 Å². The van der Waals surface area contributed by atoms with Crippen molar-refractivity contribution in [3.05, 3.63) is 63.9 Å². The zero-order valence-electron chi connectivity index (χ0n) is 16.5. The summed E-state index contributed by atoms with van der Waals surface area (Å²) in [5.74, 6) is -0.548. The maximum atomic E-state index is 14.0. The summed E-state index contributed by atoms with van der Waals surface area (Å²) in [4.78, 5) is 26.4. The number of benzene rings is 2. The van der Waals surface area contributed by atoms with Gasteiger partial charge in [-0.3, -0.25) is 9.59 Å². The Morgan fingerprint density at radius 3 is 2.55 bits per heavy atom. The number of carbonyl (C=O) groups is 2. The van der Waals surface area contributed by atoms with E-state index in [1.54, 1.807) is 4.90 Å². The van der Waals surface area contributed by atoms with Gasteiger partial charge in [-0.1, -0.05) is 29.8 Å². The lowest BCUT2D eigenvalue weighted by molar-refractivity contribution is -0.124. The van der Waals surface area contributed by atoms with Crippen molar-refractivity contribution in [3.63, 3.8) is 0 Å². The number of rotatable bonds is 5. The number of piperidine rings is 1. The third-order valence-corrected chi connectivity index (χ3v) is 5.55. The molecule has 1 saturated heterocycles. The lowest BCUT2D eigenvalue weighted by Crippen LogP contribution is -2.47. The summed E-state index contributed by atoms with van der Waals surface area (Å²) >= 11 is 5.99. The van der Waals surface area contributed by atoms with Gasteiger partial charge in [0.15, 0.2) is 6.61 Å². The highest BCUT2D eigenvalue weighted by Crippen LogP contribution is 2.23. The van der Waals surface area contributed by atoms with Crippen molar-refractivity contribution in [1.82, 2.24) is 10.2 Å². The molecule has 3 rings (SSSR count). The number of hydrogen-bond acceptors (Lipinski definition) is 3. The van der Waals surface area contributed by atoms with Crippen LogP contribution >= 0.6 is 11.6 Å². The Hall–Kier alpha value is -2.60. The first-order chi connectivity index (χ1) is 13.9. The van der Waals surface area contributed by atoms with Crippen LogP contribution in [0.2, 0.25) is 5.02 Å². The Labute approximate surface area is 174 Å². The molecule has 5 nitrogen and oxygen atoms in total. The van der Waals surface area contributed by atoms with Crippen LogP contribution in [0.3, 0.4) is 0 Å². The Kier molecular flexibility index (Phi) is 6.75. The van der Waals surface area contributed by atoms with Crippen molar-refractivity contribution < 1.29 is 18.7 Å². The summed E-state index contributed by atoms with van der Waals surface area (Å²) in [6, 6.07) is 9.87. The highest BCUT2D eigenvalue weighted by atomic mass is 35.5. The second kappa shape index (κ2) is 9.27. The Balaban J connectivity index is 1.49. The van der Waals surface area contributed by atoms with Gasteiger partial charge in [-0.2, -0.15) is 0 Å². The minimum absolute atomic E-state index is 0.0511. The first-order valence-electron chi connectivity index (χ1n) is 9.58. The minimum atomic E-state index is -0.624. The molecule has 7 heteroatoms.